The average molecular weight is 159 g/mol. The van der Waals surface area contributed by atoms with Gasteiger partial charge in [-0.1, -0.05) is 0 Å². The number of hydrogen-bond acceptors (Lipinski definition) is 1. The Kier molecular flexibility index (Phi) is 4.69. The van der Waals surface area contributed by atoms with E-state index in [0.717, 1.165) is 30.7 Å². The van der Waals surface area contributed by atoms with Gasteiger partial charge in [0.2, 0.25) is 0 Å². The summed E-state index contributed by atoms with van der Waals surface area (Å²) in [6, 6.07) is 0. The van der Waals surface area contributed by atoms with Gasteiger partial charge in [-0.25, -0.2) is 0 Å². The monoisotopic (exact) mass is 159 g/mol. The zero-order valence-electron chi connectivity index (χ0n) is 8.01. The van der Waals surface area contributed by atoms with Crippen molar-refractivity contribution in [2.75, 3.05) is 26.2 Å². The van der Waals surface area contributed by atoms with E-state index in [0.29, 0.717) is 0 Å². The van der Waals surface area contributed by atoms with Gasteiger partial charge in [0.1, 0.15) is 12.6 Å². The number of aliphatic hydroxyl groups is 1. The molecular formula is C9H21NO+. The molecule has 2 nitrogen and oxygen atoms in total. The van der Waals surface area contributed by atoms with E-state index in [-0.39, 0.29) is 0 Å². The second kappa shape index (κ2) is 4.73. The Morgan fingerprint density at radius 3 is 1.64 bits per heavy atom. The van der Waals surface area contributed by atoms with Crippen LogP contribution in [0.4, 0.5) is 0 Å². The van der Waals surface area contributed by atoms with Crippen LogP contribution in [0.1, 0.15) is 20.8 Å². The van der Waals surface area contributed by atoms with Crippen molar-refractivity contribution in [3.63, 3.8) is 0 Å². The SMILES string of the molecule is [CH2]C(O)C[N+](CC)(CC)CC. The number of nitrogens with zero attached hydrogens (tertiary/aromatic N) is 1. The van der Waals surface area contributed by atoms with Crippen LogP contribution in [0, 0.1) is 6.92 Å². The maximum Gasteiger partial charge on any atom is 0.105 e. The average Bonchev–Trinajstić information content (AvgIpc) is 2.00. The second-order valence-corrected chi connectivity index (χ2v) is 3.13. The minimum absolute atomic E-state index is 0.421. The number of hydrogen-bond donors (Lipinski definition) is 1. The standard InChI is InChI=1S/C9H21NO/c1-5-10(6-2,7-3)8-9(4)11/h9,11H,4-8H2,1-3H3/q+1. The van der Waals surface area contributed by atoms with Crippen LogP contribution >= 0.6 is 0 Å². The van der Waals surface area contributed by atoms with E-state index in [9.17, 15) is 0 Å². The van der Waals surface area contributed by atoms with Gasteiger partial charge in [0.05, 0.1) is 19.6 Å². The lowest BCUT2D eigenvalue weighted by Crippen LogP contribution is -2.51. The topological polar surface area (TPSA) is 20.2 Å². The molecule has 2 heteroatoms. The van der Waals surface area contributed by atoms with Gasteiger partial charge in [-0.05, 0) is 27.7 Å². The molecule has 0 heterocycles. The van der Waals surface area contributed by atoms with Crippen LogP contribution in [-0.2, 0) is 0 Å². The summed E-state index contributed by atoms with van der Waals surface area (Å²) < 4.78 is 0.977. The van der Waals surface area contributed by atoms with Gasteiger partial charge in [-0.15, -0.1) is 0 Å². The molecule has 0 aromatic rings. The van der Waals surface area contributed by atoms with Crippen molar-refractivity contribution in [1.82, 2.24) is 0 Å². The van der Waals surface area contributed by atoms with Gasteiger partial charge in [-0.2, -0.15) is 0 Å². The number of aliphatic hydroxyl groups excluding tert-OH is 1. The highest BCUT2D eigenvalue weighted by molar-refractivity contribution is 4.55. The van der Waals surface area contributed by atoms with Crippen molar-refractivity contribution in [3.8, 4) is 0 Å². The predicted molar refractivity (Wildman–Crippen MR) is 48.1 cm³/mol. The minimum Gasteiger partial charge on any atom is -0.387 e. The van der Waals surface area contributed by atoms with E-state index in [1.165, 1.54) is 0 Å². The molecule has 1 unspecified atom stereocenters. The lowest BCUT2D eigenvalue weighted by molar-refractivity contribution is -0.925. The van der Waals surface area contributed by atoms with E-state index in [4.69, 9.17) is 5.11 Å². The molecule has 0 saturated heterocycles. The molecule has 0 aliphatic heterocycles. The predicted octanol–water partition coefficient (Wildman–Crippen LogP) is 1.06. The largest absolute Gasteiger partial charge is 0.387 e. The summed E-state index contributed by atoms with van der Waals surface area (Å²) >= 11 is 0. The van der Waals surface area contributed by atoms with Gasteiger partial charge in [0, 0.05) is 0 Å². The van der Waals surface area contributed by atoms with E-state index in [2.05, 4.69) is 27.7 Å². The fraction of sp³-hybridized carbons (Fsp3) is 0.889. The zero-order valence-corrected chi connectivity index (χ0v) is 8.01. The smallest absolute Gasteiger partial charge is 0.105 e. The quantitative estimate of drug-likeness (QED) is 0.595. The van der Waals surface area contributed by atoms with Crippen LogP contribution < -0.4 is 0 Å². The van der Waals surface area contributed by atoms with Crippen LogP contribution in [0.2, 0.25) is 0 Å². The summed E-state index contributed by atoms with van der Waals surface area (Å²) in [5, 5.41) is 9.15. The summed E-state index contributed by atoms with van der Waals surface area (Å²) in [4.78, 5) is 0. The fourth-order valence-corrected chi connectivity index (χ4v) is 1.51. The van der Waals surface area contributed by atoms with Crippen LogP contribution in [0.3, 0.4) is 0 Å². The summed E-state index contributed by atoms with van der Waals surface area (Å²) in [7, 11) is 0. The molecule has 1 atom stereocenters. The van der Waals surface area contributed by atoms with Gasteiger partial charge < -0.3 is 9.59 Å². The molecule has 11 heavy (non-hydrogen) atoms. The number of quaternary nitrogens is 1. The van der Waals surface area contributed by atoms with Crippen LogP contribution in [0.25, 0.3) is 0 Å². The molecule has 0 aliphatic carbocycles. The Bertz CT molecular complexity index is 89.5. The maximum atomic E-state index is 9.15. The number of rotatable bonds is 5. The van der Waals surface area contributed by atoms with Gasteiger partial charge in [-0.3, -0.25) is 0 Å². The molecule has 0 fully saturated rings. The molecule has 0 rings (SSSR count). The van der Waals surface area contributed by atoms with Crippen LogP contribution in [0.15, 0.2) is 0 Å². The molecule has 0 bridgehead atoms. The first-order valence-corrected chi connectivity index (χ1v) is 4.46. The Balaban J connectivity index is 4.05. The van der Waals surface area contributed by atoms with Crippen molar-refractivity contribution >= 4 is 0 Å². The number of likely N-dealkylation sites (N-methyl/N-ethyl adjacent to an activating group) is 1. The minimum atomic E-state index is -0.421. The fourth-order valence-electron chi connectivity index (χ4n) is 1.51. The van der Waals surface area contributed by atoms with Gasteiger partial charge in [0.25, 0.3) is 0 Å². The van der Waals surface area contributed by atoms with Crippen molar-refractivity contribution in [2.45, 2.75) is 26.9 Å². The Labute approximate surface area is 70.4 Å². The first-order chi connectivity index (χ1) is 5.10. The summed E-state index contributed by atoms with van der Waals surface area (Å²) in [5.74, 6) is 0. The Morgan fingerprint density at radius 2 is 1.55 bits per heavy atom. The first kappa shape index (κ1) is 10.9. The molecule has 0 aromatic carbocycles. The van der Waals surface area contributed by atoms with E-state index in [1.54, 1.807) is 0 Å². The van der Waals surface area contributed by atoms with E-state index < -0.39 is 6.10 Å². The molecular weight excluding hydrogens is 138 g/mol. The molecule has 0 amide bonds. The molecule has 67 valence electrons. The lowest BCUT2D eigenvalue weighted by atomic mass is 10.2. The third-order valence-electron chi connectivity index (χ3n) is 2.61. The molecule has 1 radical (unpaired) electrons. The van der Waals surface area contributed by atoms with Crippen molar-refractivity contribution in [2.24, 2.45) is 0 Å². The Morgan fingerprint density at radius 1 is 1.18 bits per heavy atom. The molecule has 0 aromatic heterocycles. The molecule has 1 N–H and O–H groups in total. The van der Waals surface area contributed by atoms with Crippen molar-refractivity contribution < 1.29 is 9.59 Å². The van der Waals surface area contributed by atoms with E-state index in [1.807, 2.05) is 0 Å². The molecule has 0 aliphatic rings. The highest BCUT2D eigenvalue weighted by Crippen LogP contribution is 2.06. The maximum absolute atomic E-state index is 9.15. The third kappa shape index (κ3) is 3.21. The second-order valence-electron chi connectivity index (χ2n) is 3.13. The highest BCUT2D eigenvalue weighted by Gasteiger charge is 2.22. The summed E-state index contributed by atoms with van der Waals surface area (Å²) in [6.45, 7) is 14.1. The summed E-state index contributed by atoms with van der Waals surface area (Å²) in [5.41, 5.74) is 0. The van der Waals surface area contributed by atoms with E-state index >= 15 is 0 Å². The highest BCUT2D eigenvalue weighted by atomic mass is 16.3. The van der Waals surface area contributed by atoms with Crippen LogP contribution in [-0.4, -0.2) is 41.9 Å². The molecule has 0 spiro atoms. The lowest BCUT2D eigenvalue weighted by Gasteiger charge is -2.36. The first-order valence-electron chi connectivity index (χ1n) is 4.46. The Hall–Kier alpha value is -0.0800. The van der Waals surface area contributed by atoms with Gasteiger partial charge in [0.15, 0.2) is 0 Å². The third-order valence-corrected chi connectivity index (χ3v) is 2.61. The van der Waals surface area contributed by atoms with Crippen molar-refractivity contribution in [1.29, 1.82) is 0 Å². The molecule has 0 saturated carbocycles. The zero-order chi connectivity index (χ0) is 8.91. The van der Waals surface area contributed by atoms with Crippen LogP contribution in [0.5, 0.6) is 0 Å². The van der Waals surface area contributed by atoms with Gasteiger partial charge >= 0.3 is 0 Å². The summed E-state index contributed by atoms with van der Waals surface area (Å²) in [6.07, 6.45) is -0.421. The van der Waals surface area contributed by atoms with Crippen molar-refractivity contribution in [3.05, 3.63) is 6.92 Å². The normalized spacial score (nSPS) is 15.0.